The van der Waals surface area contributed by atoms with Gasteiger partial charge in [-0.05, 0) is 110 Å². The summed E-state index contributed by atoms with van der Waals surface area (Å²) in [6.45, 7) is 3.32. The zero-order valence-corrected chi connectivity index (χ0v) is 53.4. The highest BCUT2D eigenvalue weighted by Crippen LogP contribution is 2.32. The van der Waals surface area contributed by atoms with Crippen molar-refractivity contribution in [3.05, 3.63) is 136 Å². The van der Waals surface area contributed by atoms with Gasteiger partial charge in [0, 0.05) is 88.5 Å². The molecule has 10 atom stereocenters. The highest BCUT2D eigenvalue weighted by Gasteiger charge is 2.49. The van der Waals surface area contributed by atoms with Crippen LogP contribution in [0, 0.1) is 5.82 Å². The van der Waals surface area contributed by atoms with Crippen LogP contribution in [0.2, 0.25) is 0 Å². The molecule has 8 bridgehead atoms. The number of carbonyl (C=O) groups is 11. The average Bonchev–Trinajstić information content (AvgIpc) is 1.71. The van der Waals surface area contributed by atoms with Crippen molar-refractivity contribution >= 4 is 75.9 Å². The van der Waals surface area contributed by atoms with Crippen LogP contribution < -0.4 is 58.3 Å². The van der Waals surface area contributed by atoms with Crippen LogP contribution in [0.1, 0.15) is 86.3 Å². The number of aromatic nitrogens is 1. The Hall–Kier alpha value is -9.80. The lowest BCUT2D eigenvalue weighted by Crippen LogP contribution is -2.64. The molecule has 13 N–H and O–H groups in total. The van der Waals surface area contributed by atoms with Gasteiger partial charge in [-0.2, -0.15) is 0 Å². The Morgan fingerprint density at radius 1 is 0.684 bits per heavy atom. The maximum atomic E-state index is 15.6. The number of amides is 11. The van der Waals surface area contributed by atoms with Gasteiger partial charge in [-0.15, -0.1) is 0 Å². The second-order valence-electron chi connectivity index (χ2n) is 24.6. The summed E-state index contributed by atoms with van der Waals surface area (Å²) in [5.74, 6) is -8.60. The number of ether oxygens (including phenoxy) is 2. The molecular weight excluding hydrogens is 1230 g/mol. The maximum absolute atomic E-state index is 15.6. The molecule has 10 rings (SSSR count). The van der Waals surface area contributed by atoms with Gasteiger partial charge < -0.3 is 82.9 Å². The van der Waals surface area contributed by atoms with Gasteiger partial charge >= 0.3 is 0 Å². The lowest BCUT2D eigenvalue weighted by molar-refractivity contribution is -0.148. The Morgan fingerprint density at radius 3 is 2.12 bits per heavy atom. The number of hydrogen-bond acceptors (Lipinski definition) is 15. The molecule has 6 heterocycles. The molecule has 1 aromatic heterocycles. The van der Waals surface area contributed by atoms with Crippen LogP contribution in [0.25, 0.3) is 10.9 Å². The van der Waals surface area contributed by atoms with Crippen molar-refractivity contribution < 1.29 is 71.7 Å². The fraction of sp³-hybridized carbons (Fsp3) is 0.448. The number of aromatic amines is 1. The molecule has 11 amide bonds. The van der Waals surface area contributed by atoms with Crippen molar-refractivity contribution in [3.8, 4) is 5.75 Å². The standard InChI is InChI=1S/C67H82FN13O14/c1-37-59(86)76-49-29-42-7-5-8-43(27-42)34-73-56(85)36-95-53-22-26-80(64(91)51(77-60(49)87)30-44-35-71-48-18-15-45(68)31-47(44)48)58(53)63(90)79-57(38(2)82)62(89)78-50(28-40-13-16-46(94-4)17-14-40)65(92)81-25-6-23-67(81,3)66(93)70-24-21-39-9-11-41(12-10-39)33-72-54(83)19-20-55(84)75-52(32-69)61(88)74-37/h5,7-18,27,31,35,37-38,49-53,57-58,71,82H,6,19-26,28-30,32-34,36,69H2,1-4H3,(H,70,93)(H,72,83)(H,73,85)(H,74,88)(H,75,84)(H,76,86)(H,77,87)(H,78,89)(H,79,90)/t37-,38-,49+,50+,51+,52+,53+,57+,58?,67+/m1/s1. The van der Waals surface area contributed by atoms with E-state index in [0.29, 0.717) is 51.7 Å². The molecular formula is C67H82FN13O14. The van der Waals surface area contributed by atoms with E-state index < -0.39 is 144 Å². The minimum absolute atomic E-state index is 0.0486. The molecule has 506 valence electrons. The molecule has 95 heavy (non-hydrogen) atoms. The Morgan fingerprint density at radius 2 is 1.38 bits per heavy atom. The number of fused-ring (bicyclic) bond motifs is 26. The summed E-state index contributed by atoms with van der Waals surface area (Å²) in [6, 6.07) is 13.8. The highest BCUT2D eigenvalue weighted by molar-refractivity contribution is 6.00. The first kappa shape index (κ1) is 69.5. The molecule has 27 nitrogen and oxygen atoms in total. The first-order valence-electron chi connectivity index (χ1n) is 31.8. The molecule has 28 heteroatoms. The van der Waals surface area contributed by atoms with E-state index in [1.165, 1.54) is 50.3 Å². The summed E-state index contributed by atoms with van der Waals surface area (Å²) in [7, 11) is 1.49. The van der Waals surface area contributed by atoms with Gasteiger partial charge in [0.15, 0.2) is 0 Å². The van der Waals surface area contributed by atoms with Crippen LogP contribution in [0.15, 0.2) is 97.2 Å². The zero-order valence-electron chi connectivity index (χ0n) is 53.4. The number of nitrogens with zero attached hydrogens (tertiary/aromatic N) is 2. The maximum Gasteiger partial charge on any atom is 0.246 e. The number of nitrogens with one attached hydrogen (secondary N) is 10. The van der Waals surface area contributed by atoms with E-state index in [0.717, 1.165) is 16.0 Å². The fourth-order valence-electron chi connectivity index (χ4n) is 12.3. The van der Waals surface area contributed by atoms with E-state index >= 15 is 19.2 Å². The van der Waals surface area contributed by atoms with Gasteiger partial charge in [-0.25, -0.2) is 4.39 Å². The van der Waals surface area contributed by atoms with Crippen molar-refractivity contribution in [3.63, 3.8) is 0 Å². The first-order valence-corrected chi connectivity index (χ1v) is 31.8. The second-order valence-corrected chi connectivity index (χ2v) is 24.6. The second kappa shape index (κ2) is 31.4. The number of aliphatic hydroxyl groups excluding tert-OH is 1. The predicted octanol–water partition coefficient (Wildman–Crippen LogP) is -0.622. The summed E-state index contributed by atoms with van der Waals surface area (Å²) in [4.78, 5) is 164. The molecule has 5 aromatic rings. The molecule has 5 aliphatic heterocycles. The number of hydrogen-bond donors (Lipinski definition) is 12. The largest absolute Gasteiger partial charge is 0.497 e. The number of rotatable bonds is 7. The monoisotopic (exact) mass is 1310 g/mol. The van der Waals surface area contributed by atoms with Crippen molar-refractivity contribution in [2.75, 3.05) is 39.9 Å². The van der Waals surface area contributed by atoms with E-state index in [4.69, 9.17) is 15.2 Å². The average molecular weight is 1310 g/mol. The molecule has 0 saturated carbocycles. The quantitative estimate of drug-likeness (QED) is 0.0904. The van der Waals surface area contributed by atoms with Crippen molar-refractivity contribution in [2.24, 2.45) is 5.73 Å². The number of aliphatic hydroxyl groups is 1. The molecule has 0 spiro atoms. The lowest BCUT2D eigenvalue weighted by atomic mass is 9.95. The van der Waals surface area contributed by atoms with Gasteiger partial charge in [0.2, 0.25) is 65.0 Å². The molecule has 1 unspecified atom stereocenters. The number of methoxy groups -OCH3 is 1. The van der Waals surface area contributed by atoms with Gasteiger partial charge in [0.1, 0.15) is 66.0 Å². The van der Waals surface area contributed by atoms with Gasteiger partial charge in [-0.3, -0.25) is 52.7 Å². The molecule has 0 aliphatic carbocycles. The molecule has 2 fully saturated rings. The van der Waals surface area contributed by atoms with Crippen LogP contribution in [-0.4, -0.2) is 185 Å². The third-order valence-corrected chi connectivity index (χ3v) is 17.7. The molecule has 4 aromatic carbocycles. The zero-order chi connectivity index (χ0) is 68.1. The minimum Gasteiger partial charge on any atom is -0.497 e. The predicted molar refractivity (Wildman–Crippen MR) is 342 cm³/mol. The van der Waals surface area contributed by atoms with Crippen molar-refractivity contribution in [1.82, 2.24) is 62.6 Å². The molecule has 5 aliphatic rings. The third-order valence-electron chi connectivity index (χ3n) is 17.7. The van der Waals surface area contributed by atoms with E-state index in [2.05, 4.69) is 52.8 Å². The van der Waals surface area contributed by atoms with E-state index in [1.807, 2.05) is 12.1 Å². The normalized spacial score (nSPS) is 25.9. The summed E-state index contributed by atoms with van der Waals surface area (Å²) in [5.41, 5.74) is 8.57. The number of H-pyrrole nitrogens is 1. The van der Waals surface area contributed by atoms with Crippen LogP contribution >= 0.6 is 0 Å². The van der Waals surface area contributed by atoms with Crippen LogP contribution in [0.5, 0.6) is 5.75 Å². The Bertz CT molecular complexity index is 3680. The smallest absolute Gasteiger partial charge is 0.246 e. The Labute approximate surface area is 547 Å². The number of carbonyl (C=O) groups excluding carboxylic acids is 11. The van der Waals surface area contributed by atoms with Crippen LogP contribution in [0.4, 0.5) is 4.39 Å². The third kappa shape index (κ3) is 17.5. The van der Waals surface area contributed by atoms with Crippen molar-refractivity contribution in [1.29, 1.82) is 0 Å². The van der Waals surface area contributed by atoms with E-state index in [-0.39, 0.29) is 77.7 Å². The first-order chi connectivity index (χ1) is 45.5. The Balaban J connectivity index is 1.07. The number of benzene rings is 4. The van der Waals surface area contributed by atoms with Gasteiger partial charge in [0.25, 0.3) is 0 Å². The van der Waals surface area contributed by atoms with Crippen LogP contribution in [-0.2, 0) is 96.2 Å². The van der Waals surface area contributed by atoms with Crippen LogP contribution in [0.3, 0.4) is 0 Å². The summed E-state index contributed by atoms with van der Waals surface area (Å²) in [5, 5.41) is 36.2. The van der Waals surface area contributed by atoms with E-state index in [9.17, 15) is 43.1 Å². The van der Waals surface area contributed by atoms with Gasteiger partial charge in [0.05, 0.1) is 19.3 Å². The summed E-state index contributed by atoms with van der Waals surface area (Å²) < 4.78 is 26.5. The molecule has 2 saturated heterocycles. The van der Waals surface area contributed by atoms with E-state index in [1.54, 1.807) is 67.6 Å². The minimum atomic E-state index is -1.83. The summed E-state index contributed by atoms with van der Waals surface area (Å²) in [6.07, 6.45) is -1.68. The number of halogens is 1. The fourth-order valence-corrected chi connectivity index (χ4v) is 12.3. The highest BCUT2D eigenvalue weighted by atomic mass is 19.1. The topological polar surface area (TPSA) is 383 Å². The molecule has 0 radical (unpaired) electrons. The van der Waals surface area contributed by atoms with Gasteiger partial charge in [-0.1, -0.05) is 60.7 Å². The SMILES string of the molecule is COc1ccc(C[C@@H]2NC(=O)[C@H]([C@@H](C)O)NC(=O)C3[C@@H]4CCN3C(=O)[C@H](Cc3c[nH]c5ccc(F)cc35)NC(=O)[C@H](Cc3cccc(c3)CNC(=O)CO4)NC(=O)[C@@H](C)NC(=O)[C@H](CN)NC(=O)CCC(=O)NCc3ccc(cc3)CCNC(=O)[C@]3(C)CCCN3C2=O)cc1. The number of nitrogens with two attached hydrogens (primary N) is 1. The lowest BCUT2D eigenvalue weighted by Gasteiger charge is -2.37. The Kier molecular flexibility index (Phi) is 23.0. The van der Waals surface area contributed by atoms with Crippen molar-refractivity contribution in [2.45, 2.75) is 152 Å². The summed E-state index contributed by atoms with van der Waals surface area (Å²) >= 11 is 0.